The maximum Gasteiger partial charge on any atom is 0.328 e. The molecule has 5 heteroatoms. The first-order valence-electron chi connectivity index (χ1n) is 9.39. The zero-order chi connectivity index (χ0) is 20.4. The summed E-state index contributed by atoms with van der Waals surface area (Å²) in [5, 5.41) is 2.85. The lowest BCUT2D eigenvalue weighted by Crippen LogP contribution is -2.45. The molecule has 0 heterocycles. The van der Waals surface area contributed by atoms with Gasteiger partial charge in [-0.1, -0.05) is 60.7 Å². The van der Waals surface area contributed by atoms with Crippen molar-refractivity contribution >= 4 is 11.9 Å². The Morgan fingerprint density at radius 3 is 2.03 bits per heavy atom. The molecule has 1 aliphatic rings. The highest BCUT2D eigenvalue weighted by Crippen LogP contribution is 2.44. The lowest BCUT2D eigenvalue weighted by Gasteiger charge is -2.20. The Bertz CT molecular complexity index is 1020. The smallest absolute Gasteiger partial charge is 0.328 e. The summed E-state index contributed by atoms with van der Waals surface area (Å²) in [5.41, 5.74) is 4.61. The van der Waals surface area contributed by atoms with Gasteiger partial charge in [0.15, 0.2) is 0 Å². The number of carbonyl (C=O) groups is 2. The van der Waals surface area contributed by atoms with Crippen molar-refractivity contribution in [1.82, 2.24) is 5.32 Å². The summed E-state index contributed by atoms with van der Waals surface area (Å²) >= 11 is 0. The second-order valence-electron chi connectivity index (χ2n) is 7.02. The van der Waals surface area contributed by atoms with E-state index in [-0.39, 0.29) is 18.1 Å². The normalized spacial score (nSPS) is 13.3. The van der Waals surface area contributed by atoms with Gasteiger partial charge in [0.2, 0.25) is 5.91 Å². The Morgan fingerprint density at radius 2 is 1.48 bits per heavy atom. The van der Waals surface area contributed by atoms with Gasteiger partial charge in [-0.25, -0.2) is 9.18 Å². The van der Waals surface area contributed by atoms with Gasteiger partial charge >= 0.3 is 5.97 Å². The molecule has 0 bridgehead atoms. The van der Waals surface area contributed by atoms with Crippen LogP contribution in [0.25, 0.3) is 11.1 Å². The first kappa shape index (κ1) is 18.9. The number of esters is 1. The fraction of sp³-hybridized carbons (Fsp3) is 0.167. The molecule has 0 saturated carbocycles. The number of benzene rings is 3. The molecule has 1 aliphatic carbocycles. The Morgan fingerprint density at radius 1 is 0.931 bits per heavy atom. The van der Waals surface area contributed by atoms with E-state index in [4.69, 9.17) is 4.74 Å². The number of carbonyl (C=O) groups excluding carboxylic acids is 2. The highest BCUT2D eigenvalue weighted by Gasteiger charge is 2.35. The third-order valence-corrected chi connectivity index (χ3v) is 5.25. The molecule has 0 saturated heterocycles. The zero-order valence-corrected chi connectivity index (χ0v) is 15.9. The van der Waals surface area contributed by atoms with E-state index in [1.165, 1.54) is 19.2 Å². The van der Waals surface area contributed by atoms with Gasteiger partial charge < -0.3 is 10.1 Å². The van der Waals surface area contributed by atoms with Crippen LogP contribution in [-0.4, -0.2) is 25.0 Å². The Balaban J connectivity index is 1.62. The molecule has 1 amide bonds. The molecule has 0 fully saturated rings. The predicted octanol–water partition coefficient (Wildman–Crippen LogP) is 3.84. The molecule has 1 N–H and O–H groups in total. The van der Waals surface area contributed by atoms with Gasteiger partial charge in [0.25, 0.3) is 0 Å². The molecule has 3 aromatic carbocycles. The minimum Gasteiger partial charge on any atom is -0.467 e. The van der Waals surface area contributed by atoms with Crippen LogP contribution in [0.15, 0.2) is 72.8 Å². The Hall–Kier alpha value is -3.47. The Labute approximate surface area is 168 Å². The minimum absolute atomic E-state index is 0.217. The maximum atomic E-state index is 13.3. The minimum atomic E-state index is -0.863. The largest absolute Gasteiger partial charge is 0.467 e. The SMILES string of the molecule is COC(=O)[C@H](Cc1ccc(F)cc1)NC(=O)C1c2ccccc2-c2ccccc21. The second kappa shape index (κ2) is 7.87. The van der Waals surface area contributed by atoms with Gasteiger partial charge in [-0.15, -0.1) is 0 Å². The number of nitrogens with one attached hydrogen (secondary N) is 1. The van der Waals surface area contributed by atoms with Crippen molar-refractivity contribution < 1.29 is 18.7 Å². The van der Waals surface area contributed by atoms with Crippen LogP contribution in [-0.2, 0) is 20.7 Å². The average molecular weight is 389 g/mol. The third kappa shape index (κ3) is 3.63. The van der Waals surface area contributed by atoms with Crippen LogP contribution in [0.3, 0.4) is 0 Å². The lowest BCUT2D eigenvalue weighted by atomic mass is 9.95. The van der Waals surface area contributed by atoms with Crippen LogP contribution in [0.4, 0.5) is 4.39 Å². The summed E-state index contributed by atoms with van der Waals surface area (Å²) in [6.07, 6.45) is 0.217. The van der Waals surface area contributed by atoms with Gasteiger partial charge in [0, 0.05) is 6.42 Å². The summed E-state index contributed by atoms with van der Waals surface area (Å²) in [7, 11) is 1.28. The molecule has 0 aliphatic heterocycles. The van der Waals surface area contributed by atoms with Crippen molar-refractivity contribution in [2.24, 2.45) is 0 Å². The van der Waals surface area contributed by atoms with Crippen LogP contribution in [0, 0.1) is 5.82 Å². The molecule has 3 aromatic rings. The number of hydrogen-bond donors (Lipinski definition) is 1. The quantitative estimate of drug-likeness (QED) is 0.675. The van der Waals surface area contributed by atoms with E-state index in [0.29, 0.717) is 0 Å². The van der Waals surface area contributed by atoms with E-state index in [2.05, 4.69) is 5.32 Å². The average Bonchev–Trinajstić information content (AvgIpc) is 3.09. The van der Waals surface area contributed by atoms with E-state index < -0.39 is 17.9 Å². The molecular formula is C24H20FNO3. The van der Waals surface area contributed by atoms with Crippen molar-refractivity contribution in [3.63, 3.8) is 0 Å². The van der Waals surface area contributed by atoms with Crippen LogP contribution < -0.4 is 5.32 Å². The molecule has 0 unspecified atom stereocenters. The van der Waals surface area contributed by atoms with Crippen LogP contribution in [0.2, 0.25) is 0 Å². The fourth-order valence-corrected chi connectivity index (χ4v) is 3.88. The molecule has 4 rings (SSSR count). The number of rotatable bonds is 5. The molecule has 4 nitrogen and oxygen atoms in total. The fourth-order valence-electron chi connectivity index (χ4n) is 3.88. The van der Waals surface area contributed by atoms with Gasteiger partial charge in [-0.05, 0) is 39.9 Å². The number of amides is 1. The number of ether oxygens (including phenoxy) is 1. The predicted molar refractivity (Wildman–Crippen MR) is 108 cm³/mol. The number of fused-ring (bicyclic) bond motifs is 3. The highest BCUT2D eigenvalue weighted by molar-refractivity contribution is 5.97. The lowest BCUT2D eigenvalue weighted by molar-refractivity contribution is -0.145. The molecule has 0 radical (unpaired) electrons. The van der Waals surface area contributed by atoms with E-state index >= 15 is 0 Å². The number of halogens is 1. The van der Waals surface area contributed by atoms with E-state index in [0.717, 1.165) is 27.8 Å². The molecule has 0 spiro atoms. The molecule has 146 valence electrons. The van der Waals surface area contributed by atoms with E-state index in [9.17, 15) is 14.0 Å². The highest BCUT2D eigenvalue weighted by atomic mass is 19.1. The Kier molecular flexibility index (Phi) is 5.12. The standard InChI is InChI=1S/C24H20FNO3/c1-29-24(28)21(14-15-10-12-16(25)13-11-15)26-23(27)22-19-8-4-2-6-17(19)18-7-3-5-9-20(18)22/h2-13,21-22H,14H2,1H3,(H,26,27)/t21-/m0/s1. The van der Waals surface area contributed by atoms with Crippen molar-refractivity contribution in [2.75, 3.05) is 7.11 Å². The van der Waals surface area contributed by atoms with Crippen LogP contribution in [0.5, 0.6) is 0 Å². The second-order valence-corrected chi connectivity index (χ2v) is 7.02. The first-order chi connectivity index (χ1) is 14.1. The monoisotopic (exact) mass is 389 g/mol. The van der Waals surface area contributed by atoms with E-state index in [1.807, 2.05) is 48.5 Å². The van der Waals surface area contributed by atoms with E-state index in [1.54, 1.807) is 12.1 Å². The third-order valence-electron chi connectivity index (χ3n) is 5.25. The summed E-state index contributed by atoms with van der Waals surface area (Å²) in [5.74, 6) is -1.66. The maximum absolute atomic E-state index is 13.3. The number of hydrogen-bond acceptors (Lipinski definition) is 3. The van der Waals surface area contributed by atoms with Gasteiger partial charge in [0.05, 0.1) is 13.0 Å². The topological polar surface area (TPSA) is 55.4 Å². The molecule has 1 atom stereocenters. The molecule has 29 heavy (non-hydrogen) atoms. The van der Waals surface area contributed by atoms with Crippen molar-refractivity contribution in [3.05, 3.63) is 95.3 Å². The van der Waals surface area contributed by atoms with Gasteiger partial charge in [-0.3, -0.25) is 4.79 Å². The summed E-state index contributed by atoms with van der Waals surface area (Å²) in [6, 6.07) is 20.6. The first-order valence-corrected chi connectivity index (χ1v) is 9.39. The molecular weight excluding hydrogens is 369 g/mol. The molecule has 0 aromatic heterocycles. The van der Waals surface area contributed by atoms with Crippen LogP contribution >= 0.6 is 0 Å². The van der Waals surface area contributed by atoms with Gasteiger partial charge in [0.1, 0.15) is 11.9 Å². The van der Waals surface area contributed by atoms with Crippen LogP contribution in [0.1, 0.15) is 22.6 Å². The number of methoxy groups -OCH3 is 1. The zero-order valence-electron chi connectivity index (χ0n) is 15.9. The summed E-state index contributed by atoms with van der Waals surface area (Å²) in [6.45, 7) is 0. The van der Waals surface area contributed by atoms with Gasteiger partial charge in [-0.2, -0.15) is 0 Å². The van der Waals surface area contributed by atoms with Crippen molar-refractivity contribution in [2.45, 2.75) is 18.4 Å². The van der Waals surface area contributed by atoms with Crippen molar-refractivity contribution in [3.8, 4) is 11.1 Å². The summed E-state index contributed by atoms with van der Waals surface area (Å²) in [4.78, 5) is 25.6. The summed E-state index contributed by atoms with van der Waals surface area (Å²) < 4.78 is 18.1. The van der Waals surface area contributed by atoms with Crippen molar-refractivity contribution in [1.29, 1.82) is 0 Å².